The molecule has 3 aromatic rings. The van der Waals surface area contributed by atoms with Crippen LogP contribution < -0.4 is 16.0 Å². The molecule has 3 rings (SSSR count). The van der Waals surface area contributed by atoms with Crippen LogP contribution in [0.2, 0.25) is 5.02 Å². The number of hydrogen-bond donors (Lipinski definition) is 3. The van der Waals surface area contributed by atoms with Gasteiger partial charge in [-0.3, -0.25) is 14.4 Å². The maximum Gasteiger partial charge on any atom is 0.255 e. The highest BCUT2D eigenvalue weighted by atomic mass is 35.5. The molecule has 0 aliphatic heterocycles. The summed E-state index contributed by atoms with van der Waals surface area (Å²) >= 11 is 5.81. The maximum atomic E-state index is 13.3. The Morgan fingerprint density at radius 1 is 0.818 bits per heavy atom. The molecule has 0 aromatic heterocycles. The molecular weight excluding hydrogens is 445 g/mol. The van der Waals surface area contributed by atoms with E-state index in [0.717, 1.165) is 11.6 Å². The Labute approximate surface area is 196 Å². The highest BCUT2D eigenvalue weighted by molar-refractivity contribution is 6.30. The summed E-state index contributed by atoms with van der Waals surface area (Å²) < 4.78 is 13.3. The Kier molecular flexibility index (Phi) is 8.55. The van der Waals surface area contributed by atoms with Crippen molar-refractivity contribution in [3.63, 3.8) is 0 Å². The summed E-state index contributed by atoms with van der Waals surface area (Å²) in [6, 6.07) is 19.0. The number of hydrogen-bond acceptors (Lipinski definition) is 3. The smallest absolute Gasteiger partial charge is 0.255 e. The molecule has 0 radical (unpaired) electrons. The van der Waals surface area contributed by atoms with Crippen molar-refractivity contribution < 1.29 is 18.8 Å². The number of nitrogens with one attached hydrogen (secondary N) is 3. The summed E-state index contributed by atoms with van der Waals surface area (Å²) in [5, 5.41) is 8.86. The molecule has 0 fully saturated rings. The van der Waals surface area contributed by atoms with Gasteiger partial charge in [0, 0.05) is 41.3 Å². The molecular formula is C25H23ClFN3O3. The molecule has 0 unspecified atom stereocenters. The molecule has 0 aliphatic carbocycles. The topological polar surface area (TPSA) is 87.3 Å². The third kappa shape index (κ3) is 7.73. The van der Waals surface area contributed by atoms with Crippen LogP contribution in [0.4, 0.5) is 10.1 Å². The maximum absolute atomic E-state index is 13.3. The summed E-state index contributed by atoms with van der Waals surface area (Å²) in [6.07, 6.45) is 0.756. The van der Waals surface area contributed by atoms with E-state index < -0.39 is 11.7 Å². The quantitative estimate of drug-likeness (QED) is 0.403. The average Bonchev–Trinajstić information content (AvgIpc) is 2.81. The van der Waals surface area contributed by atoms with Crippen molar-refractivity contribution in [2.24, 2.45) is 0 Å². The summed E-state index contributed by atoms with van der Waals surface area (Å²) in [4.78, 5) is 36.4. The van der Waals surface area contributed by atoms with Gasteiger partial charge in [0.15, 0.2) is 0 Å². The van der Waals surface area contributed by atoms with Gasteiger partial charge in [0.2, 0.25) is 5.91 Å². The molecule has 0 aliphatic rings. The Morgan fingerprint density at radius 3 is 2.33 bits per heavy atom. The first kappa shape index (κ1) is 23.9. The minimum Gasteiger partial charge on any atom is -0.352 e. The van der Waals surface area contributed by atoms with Gasteiger partial charge in [0.1, 0.15) is 5.82 Å². The Morgan fingerprint density at radius 2 is 1.58 bits per heavy atom. The highest BCUT2D eigenvalue weighted by Gasteiger charge is 2.09. The lowest BCUT2D eigenvalue weighted by Gasteiger charge is -2.09. The average molecular weight is 468 g/mol. The van der Waals surface area contributed by atoms with Crippen molar-refractivity contribution in [3.8, 4) is 0 Å². The molecule has 0 spiro atoms. The summed E-state index contributed by atoms with van der Waals surface area (Å²) in [5.41, 5.74) is 2.07. The molecule has 0 heterocycles. The predicted octanol–water partition coefficient (Wildman–Crippen LogP) is 4.56. The summed E-state index contributed by atoms with van der Waals surface area (Å²) in [7, 11) is 0. The third-order valence-electron chi connectivity index (χ3n) is 4.73. The van der Waals surface area contributed by atoms with Gasteiger partial charge in [-0.15, -0.1) is 0 Å². The predicted molar refractivity (Wildman–Crippen MR) is 126 cm³/mol. The van der Waals surface area contributed by atoms with E-state index in [1.807, 2.05) is 6.07 Å². The zero-order chi connectivity index (χ0) is 23.6. The molecule has 6 nitrogen and oxygen atoms in total. The Bertz CT molecular complexity index is 1140. The molecule has 3 amide bonds. The molecule has 3 aromatic carbocycles. The van der Waals surface area contributed by atoms with Crippen LogP contribution in [0, 0.1) is 5.82 Å². The SMILES string of the molecule is O=C(CCCNC(=O)c1ccc(Cl)cc1)NCc1cccc(NC(=O)c2cccc(F)c2)c1. The Balaban J connectivity index is 1.39. The minimum absolute atomic E-state index is 0.148. The number of amides is 3. The van der Waals surface area contributed by atoms with Crippen LogP contribution in [0.25, 0.3) is 0 Å². The van der Waals surface area contributed by atoms with E-state index in [1.54, 1.807) is 42.5 Å². The van der Waals surface area contributed by atoms with E-state index in [1.165, 1.54) is 18.2 Å². The van der Waals surface area contributed by atoms with Crippen LogP contribution in [0.1, 0.15) is 39.1 Å². The molecule has 3 N–H and O–H groups in total. The third-order valence-corrected chi connectivity index (χ3v) is 4.99. The molecule has 8 heteroatoms. The van der Waals surface area contributed by atoms with Crippen LogP contribution in [-0.4, -0.2) is 24.3 Å². The van der Waals surface area contributed by atoms with Gasteiger partial charge in [0.05, 0.1) is 0 Å². The second-order valence-electron chi connectivity index (χ2n) is 7.31. The van der Waals surface area contributed by atoms with Gasteiger partial charge < -0.3 is 16.0 Å². The van der Waals surface area contributed by atoms with Gasteiger partial charge in [-0.25, -0.2) is 4.39 Å². The number of carbonyl (C=O) groups is 3. The lowest BCUT2D eigenvalue weighted by atomic mass is 10.1. The van der Waals surface area contributed by atoms with Crippen molar-refractivity contribution in [2.75, 3.05) is 11.9 Å². The Hall–Kier alpha value is -3.71. The van der Waals surface area contributed by atoms with Gasteiger partial charge in [-0.2, -0.15) is 0 Å². The monoisotopic (exact) mass is 467 g/mol. The summed E-state index contributed by atoms with van der Waals surface area (Å²) in [6.45, 7) is 0.663. The van der Waals surface area contributed by atoms with Gasteiger partial charge in [0.25, 0.3) is 11.8 Å². The standard InChI is InChI=1S/C25H23ClFN3O3/c26-20-11-9-18(10-12-20)24(32)28-13-3-8-23(31)29-16-17-4-1-7-22(14-17)30-25(33)19-5-2-6-21(27)15-19/h1-2,4-7,9-12,14-15H,3,8,13,16H2,(H,28,32)(H,29,31)(H,30,33). The fraction of sp³-hybridized carbons (Fsp3) is 0.160. The molecule has 0 saturated heterocycles. The fourth-order valence-electron chi connectivity index (χ4n) is 3.04. The fourth-order valence-corrected chi connectivity index (χ4v) is 3.16. The van der Waals surface area contributed by atoms with Gasteiger partial charge in [-0.1, -0.05) is 29.8 Å². The lowest BCUT2D eigenvalue weighted by molar-refractivity contribution is -0.121. The minimum atomic E-state index is -0.483. The van der Waals surface area contributed by atoms with Crippen molar-refractivity contribution in [1.29, 1.82) is 0 Å². The van der Waals surface area contributed by atoms with E-state index in [2.05, 4.69) is 16.0 Å². The van der Waals surface area contributed by atoms with E-state index in [-0.39, 0.29) is 23.8 Å². The number of anilines is 1. The van der Waals surface area contributed by atoms with Crippen LogP contribution >= 0.6 is 11.6 Å². The normalized spacial score (nSPS) is 10.4. The first-order chi connectivity index (χ1) is 15.9. The zero-order valence-corrected chi connectivity index (χ0v) is 18.5. The second kappa shape index (κ2) is 11.8. The largest absolute Gasteiger partial charge is 0.352 e. The van der Waals surface area contributed by atoms with Crippen molar-refractivity contribution >= 4 is 35.0 Å². The van der Waals surface area contributed by atoms with E-state index in [9.17, 15) is 18.8 Å². The number of benzene rings is 3. The van der Waals surface area contributed by atoms with E-state index in [4.69, 9.17) is 11.6 Å². The highest BCUT2D eigenvalue weighted by Crippen LogP contribution is 2.13. The van der Waals surface area contributed by atoms with Crippen LogP contribution in [0.15, 0.2) is 72.8 Å². The first-order valence-corrected chi connectivity index (χ1v) is 10.7. The number of rotatable bonds is 9. The first-order valence-electron chi connectivity index (χ1n) is 10.4. The zero-order valence-electron chi connectivity index (χ0n) is 17.7. The lowest BCUT2D eigenvalue weighted by Crippen LogP contribution is -2.27. The number of halogens is 2. The number of carbonyl (C=O) groups excluding carboxylic acids is 3. The van der Waals surface area contributed by atoms with Crippen LogP contribution in [0.3, 0.4) is 0 Å². The van der Waals surface area contributed by atoms with Gasteiger partial charge in [-0.05, 0) is 66.6 Å². The molecule has 170 valence electrons. The molecule has 0 saturated carbocycles. The van der Waals surface area contributed by atoms with Crippen LogP contribution in [0.5, 0.6) is 0 Å². The van der Waals surface area contributed by atoms with E-state index >= 15 is 0 Å². The molecule has 33 heavy (non-hydrogen) atoms. The summed E-state index contributed by atoms with van der Waals surface area (Å²) in [5.74, 6) is -1.27. The second-order valence-corrected chi connectivity index (χ2v) is 7.74. The van der Waals surface area contributed by atoms with Crippen LogP contribution in [-0.2, 0) is 11.3 Å². The van der Waals surface area contributed by atoms with Crippen molar-refractivity contribution in [3.05, 3.63) is 100 Å². The molecule has 0 atom stereocenters. The van der Waals surface area contributed by atoms with Crippen molar-refractivity contribution in [1.82, 2.24) is 10.6 Å². The molecule has 0 bridgehead atoms. The van der Waals surface area contributed by atoms with Gasteiger partial charge >= 0.3 is 0 Å². The van der Waals surface area contributed by atoms with Crippen molar-refractivity contribution in [2.45, 2.75) is 19.4 Å². The van der Waals surface area contributed by atoms with E-state index in [0.29, 0.717) is 35.8 Å².